The standard InChI is InChI=1S/C13H16BrNO2/c1-4-5-8-15-12-9(2)11(14)7-6-10(12)13(16)17-3/h5-8,15H,4H2,1-3H3/b8-5+. The van der Waals surface area contributed by atoms with E-state index < -0.39 is 0 Å². The summed E-state index contributed by atoms with van der Waals surface area (Å²) < 4.78 is 5.72. The molecule has 1 rings (SSSR count). The molecule has 0 aliphatic carbocycles. The van der Waals surface area contributed by atoms with Gasteiger partial charge in [-0.2, -0.15) is 0 Å². The minimum absolute atomic E-state index is 0.340. The summed E-state index contributed by atoms with van der Waals surface area (Å²) in [6.45, 7) is 3.99. The Morgan fingerprint density at radius 2 is 2.24 bits per heavy atom. The molecule has 3 nitrogen and oxygen atoms in total. The molecule has 0 aromatic heterocycles. The summed E-state index contributed by atoms with van der Waals surface area (Å²) >= 11 is 3.44. The summed E-state index contributed by atoms with van der Waals surface area (Å²) in [7, 11) is 1.38. The number of benzene rings is 1. The van der Waals surface area contributed by atoms with Gasteiger partial charge in [0, 0.05) is 4.47 Å². The largest absolute Gasteiger partial charge is 0.465 e. The van der Waals surface area contributed by atoms with Crippen LogP contribution >= 0.6 is 15.9 Å². The second-order valence-electron chi connectivity index (χ2n) is 3.54. The van der Waals surface area contributed by atoms with Gasteiger partial charge in [0.1, 0.15) is 0 Å². The Morgan fingerprint density at radius 1 is 1.53 bits per heavy atom. The molecule has 0 aliphatic heterocycles. The molecule has 0 saturated carbocycles. The molecule has 0 atom stereocenters. The van der Waals surface area contributed by atoms with E-state index in [9.17, 15) is 4.79 Å². The number of methoxy groups -OCH3 is 1. The van der Waals surface area contributed by atoms with Crippen molar-refractivity contribution in [3.05, 3.63) is 40.0 Å². The molecule has 17 heavy (non-hydrogen) atoms. The molecule has 0 bridgehead atoms. The van der Waals surface area contributed by atoms with E-state index in [4.69, 9.17) is 4.74 Å². The number of hydrogen-bond acceptors (Lipinski definition) is 3. The minimum Gasteiger partial charge on any atom is -0.465 e. The van der Waals surface area contributed by atoms with Gasteiger partial charge in [0.2, 0.25) is 0 Å². The maximum absolute atomic E-state index is 11.6. The third-order valence-electron chi connectivity index (χ3n) is 2.39. The highest BCUT2D eigenvalue weighted by Crippen LogP contribution is 2.28. The van der Waals surface area contributed by atoms with Crippen molar-refractivity contribution in [1.29, 1.82) is 0 Å². The maximum atomic E-state index is 11.6. The van der Waals surface area contributed by atoms with Crippen LogP contribution in [0.1, 0.15) is 29.3 Å². The van der Waals surface area contributed by atoms with Crippen molar-refractivity contribution >= 4 is 27.6 Å². The second kappa shape index (κ2) is 6.45. The highest BCUT2D eigenvalue weighted by molar-refractivity contribution is 9.10. The van der Waals surface area contributed by atoms with Gasteiger partial charge >= 0.3 is 5.97 Å². The van der Waals surface area contributed by atoms with Crippen LogP contribution in [-0.4, -0.2) is 13.1 Å². The fourth-order valence-electron chi connectivity index (χ4n) is 1.41. The minimum atomic E-state index is -0.340. The van der Waals surface area contributed by atoms with Gasteiger partial charge in [0.15, 0.2) is 0 Å². The number of nitrogens with one attached hydrogen (secondary N) is 1. The van der Waals surface area contributed by atoms with E-state index in [2.05, 4.69) is 21.2 Å². The van der Waals surface area contributed by atoms with E-state index in [1.165, 1.54) is 7.11 Å². The van der Waals surface area contributed by atoms with Crippen molar-refractivity contribution in [2.75, 3.05) is 12.4 Å². The molecule has 0 aliphatic rings. The van der Waals surface area contributed by atoms with E-state index in [0.29, 0.717) is 5.56 Å². The van der Waals surface area contributed by atoms with Crippen molar-refractivity contribution in [3.63, 3.8) is 0 Å². The predicted octanol–water partition coefficient (Wildman–Crippen LogP) is 3.88. The number of carbonyl (C=O) groups excluding carboxylic acids is 1. The van der Waals surface area contributed by atoms with Crippen molar-refractivity contribution in [2.45, 2.75) is 20.3 Å². The van der Waals surface area contributed by atoms with E-state index >= 15 is 0 Å². The Labute approximate surface area is 110 Å². The molecule has 1 N–H and O–H groups in total. The fraction of sp³-hybridized carbons (Fsp3) is 0.308. The Hall–Kier alpha value is -1.29. The van der Waals surface area contributed by atoms with Crippen LogP contribution in [0.3, 0.4) is 0 Å². The van der Waals surface area contributed by atoms with E-state index in [0.717, 1.165) is 22.1 Å². The zero-order valence-corrected chi connectivity index (χ0v) is 11.8. The van der Waals surface area contributed by atoms with Gasteiger partial charge in [-0.1, -0.05) is 28.9 Å². The lowest BCUT2D eigenvalue weighted by molar-refractivity contribution is 0.0602. The topological polar surface area (TPSA) is 38.3 Å². The highest BCUT2D eigenvalue weighted by atomic mass is 79.9. The quantitative estimate of drug-likeness (QED) is 0.857. The Bertz CT molecular complexity index is 441. The van der Waals surface area contributed by atoms with Crippen LogP contribution in [0, 0.1) is 6.92 Å². The molecule has 0 fully saturated rings. The zero-order valence-electron chi connectivity index (χ0n) is 10.2. The molecule has 92 valence electrons. The number of esters is 1. The maximum Gasteiger partial charge on any atom is 0.339 e. The van der Waals surface area contributed by atoms with Gasteiger partial charge in [-0.05, 0) is 37.2 Å². The first-order chi connectivity index (χ1) is 8.11. The van der Waals surface area contributed by atoms with Crippen LogP contribution in [-0.2, 0) is 4.74 Å². The normalized spacial score (nSPS) is 10.6. The first kappa shape index (κ1) is 13.8. The Kier molecular flexibility index (Phi) is 5.22. The summed E-state index contributed by atoms with van der Waals surface area (Å²) in [5.74, 6) is -0.340. The van der Waals surface area contributed by atoms with Gasteiger partial charge in [0.25, 0.3) is 0 Å². The van der Waals surface area contributed by atoms with Crippen molar-refractivity contribution < 1.29 is 9.53 Å². The summed E-state index contributed by atoms with van der Waals surface area (Å²) in [5.41, 5.74) is 2.29. The second-order valence-corrected chi connectivity index (χ2v) is 4.40. The number of anilines is 1. The van der Waals surface area contributed by atoms with Crippen LogP contribution < -0.4 is 5.32 Å². The van der Waals surface area contributed by atoms with Crippen LogP contribution in [0.4, 0.5) is 5.69 Å². The van der Waals surface area contributed by atoms with Crippen LogP contribution in [0.2, 0.25) is 0 Å². The molecule has 0 heterocycles. The number of halogens is 1. The zero-order chi connectivity index (χ0) is 12.8. The molecule has 0 spiro atoms. The molecule has 1 aromatic carbocycles. The lowest BCUT2D eigenvalue weighted by atomic mass is 10.1. The summed E-state index contributed by atoms with van der Waals surface area (Å²) in [6.07, 6.45) is 4.76. The average Bonchev–Trinajstić information content (AvgIpc) is 2.34. The van der Waals surface area contributed by atoms with Gasteiger partial charge in [0.05, 0.1) is 18.4 Å². The summed E-state index contributed by atoms with van der Waals surface area (Å²) in [6, 6.07) is 3.58. The highest BCUT2D eigenvalue weighted by Gasteiger charge is 2.14. The molecular formula is C13H16BrNO2. The number of ether oxygens (including phenoxy) is 1. The van der Waals surface area contributed by atoms with Gasteiger partial charge in [-0.3, -0.25) is 0 Å². The molecule has 0 unspecified atom stereocenters. The van der Waals surface area contributed by atoms with E-state index in [1.807, 2.05) is 32.2 Å². The third-order valence-corrected chi connectivity index (χ3v) is 3.24. The van der Waals surface area contributed by atoms with Gasteiger partial charge < -0.3 is 10.1 Å². The molecule has 0 amide bonds. The summed E-state index contributed by atoms with van der Waals surface area (Å²) in [4.78, 5) is 11.6. The van der Waals surface area contributed by atoms with Crippen molar-refractivity contribution in [2.24, 2.45) is 0 Å². The number of hydrogen-bond donors (Lipinski definition) is 1. The SMILES string of the molecule is CC/C=C/Nc1c(C(=O)OC)ccc(Br)c1C. The van der Waals surface area contributed by atoms with E-state index in [-0.39, 0.29) is 5.97 Å². The van der Waals surface area contributed by atoms with Crippen molar-refractivity contribution in [1.82, 2.24) is 0 Å². The van der Waals surface area contributed by atoms with Crippen LogP contribution in [0.15, 0.2) is 28.9 Å². The smallest absolute Gasteiger partial charge is 0.339 e. The number of carbonyl (C=O) groups is 1. The van der Waals surface area contributed by atoms with Gasteiger partial charge in [-0.15, -0.1) is 0 Å². The lowest BCUT2D eigenvalue weighted by Gasteiger charge is -2.12. The Balaban J connectivity index is 3.16. The molecule has 4 heteroatoms. The molecule has 0 radical (unpaired) electrons. The number of allylic oxidation sites excluding steroid dienone is 1. The lowest BCUT2D eigenvalue weighted by Crippen LogP contribution is -2.07. The average molecular weight is 298 g/mol. The van der Waals surface area contributed by atoms with E-state index in [1.54, 1.807) is 6.07 Å². The fourth-order valence-corrected chi connectivity index (χ4v) is 1.74. The third kappa shape index (κ3) is 3.33. The van der Waals surface area contributed by atoms with Gasteiger partial charge in [-0.25, -0.2) is 4.79 Å². The first-order valence-corrected chi connectivity index (χ1v) is 6.20. The molecular weight excluding hydrogens is 282 g/mol. The van der Waals surface area contributed by atoms with Crippen LogP contribution in [0.5, 0.6) is 0 Å². The van der Waals surface area contributed by atoms with Crippen LogP contribution in [0.25, 0.3) is 0 Å². The Morgan fingerprint density at radius 3 is 2.82 bits per heavy atom. The molecule has 0 saturated heterocycles. The molecule has 1 aromatic rings. The predicted molar refractivity (Wildman–Crippen MR) is 73.3 cm³/mol. The first-order valence-electron chi connectivity index (χ1n) is 5.40. The van der Waals surface area contributed by atoms with Crippen molar-refractivity contribution in [3.8, 4) is 0 Å². The number of rotatable bonds is 4. The summed E-state index contributed by atoms with van der Waals surface area (Å²) in [5, 5.41) is 3.13. The monoisotopic (exact) mass is 297 g/mol.